The fourth-order valence-corrected chi connectivity index (χ4v) is 3.89. The maximum Gasteiger partial charge on any atom is 0.412 e. The molecule has 0 heterocycles. The standard InChI is InChI=1S/C20H32N2O6.C15H24N2O4/c1-20(2,3)28-19(24)22-16-9-7-15(8-10-16)18(23)21-11-6-12-27-14-17(26-5)13-25-4;1-19-10-14(20-2)11-21-9-3-8-17-15(18)12-4-6-13(16)7-5-12/h7-10,17H,6,11-14H2,1-5H3,(H,21,23)(H,22,24);4-7,14H,3,8-11,16H2,1-2H3,(H,17,18). The molecule has 3 amide bonds. The van der Waals surface area contributed by atoms with E-state index in [1.165, 1.54) is 0 Å². The number of rotatable bonds is 21. The molecule has 0 saturated carbocycles. The van der Waals surface area contributed by atoms with Gasteiger partial charge in [-0.2, -0.15) is 0 Å². The molecule has 2 aromatic carbocycles. The maximum absolute atomic E-state index is 12.1. The number of ether oxygens (including phenoxy) is 7. The number of carbonyl (C=O) groups is 3. The molecule has 0 fully saturated rings. The zero-order chi connectivity index (χ0) is 36.5. The van der Waals surface area contributed by atoms with Crippen molar-refractivity contribution >= 4 is 29.3 Å². The molecule has 49 heavy (non-hydrogen) atoms. The van der Waals surface area contributed by atoms with Crippen molar-refractivity contribution in [2.24, 2.45) is 0 Å². The molecule has 2 atom stereocenters. The summed E-state index contributed by atoms with van der Waals surface area (Å²) >= 11 is 0. The lowest BCUT2D eigenvalue weighted by Crippen LogP contribution is -2.27. The van der Waals surface area contributed by atoms with E-state index in [1.807, 2.05) is 0 Å². The SMILES string of the molecule is COCC(COCCCNC(=O)c1ccc(N)cc1)OC.COCC(COCCCNC(=O)c1ccc(NC(=O)OC(C)(C)C)cc1)OC. The summed E-state index contributed by atoms with van der Waals surface area (Å²) in [6.07, 6.45) is 0.745. The number of hydrogen-bond donors (Lipinski definition) is 4. The first-order valence-corrected chi connectivity index (χ1v) is 16.1. The molecule has 0 spiro atoms. The Labute approximate surface area is 290 Å². The highest BCUT2D eigenvalue weighted by Gasteiger charge is 2.16. The van der Waals surface area contributed by atoms with E-state index in [2.05, 4.69) is 16.0 Å². The molecule has 2 rings (SSSR count). The first kappa shape index (κ1) is 43.2. The highest BCUT2D eigenvalue weighted by atomic mass is 16.6. The number of methoxy groups -OCH3 is 4. The molecule has 0 aliphatic rings. The molecule has 0 aromatic heterocycles. The zero-order valence-corrected chi connectivity index (χ0v) is 30.0. The number of amides is 3. The molecule has 0 saturated heterocycles. The minimum atomic E-state index is -0.568. The lowest BCUT2D eigenvalue weighted by Gasteiger charge is -2.19. The minimum absolute atomic E-state index is 0.0561. The molecule has 0 aliphatic carbocycles. The molecule has 0 radical (unpaired) electrons. The fraction of sp³-hybridized carbons (Fsp3) is 0.571. The summed E-state index contributed by atoms with van der Waals surface area (Å²) in [5, 5.41) is 8.29. The van der Waals surface area contributed by atoms with Crippen LogP contribution in [0.2, 0.25) is 0 Å². The number of carbonyl (C=O) groups excluding carboxylic acids is 3. The highest BCUT2D eigenvalue weighted by molar-refractivity contribution is 5.95. The number of anilines is 2. The summed E-state index contributed by atoms with van der Waals surface area (Å²) in [5.41, 5.74) is 7.32. The molecule has 0 bridgehead atoms. The predicted octanol–water partition coefficient (Wildman–Crippen LogP) is 3.90. The van der Waals surface area contributed by atoms with Gasteiger partial charge in [0.05, 0.1) is 26.4 Å². The Kier molecular flexibility index (Phi) is 22.3. The van der Waals surface area contributed by atoms with Gasteiger partial charge in [-0.25, -0.2) is 4.79 Å². The third-order valence-electron chi connectivity index (χ3n) is 6.45. The monoisotopic (exact) mass is 692 g/mol. The van der Waals surface area contributed by atoms with E-state index in [9.17, 15) is 14.4 Å². The zero-order valence-electron chi connectivity index (χ0n) is 30.0. The van der Waals surface area contributed by atoms with E-state index >= 15 is 0 Å². The predicted molar refractivity (Wildman–Crippen MR) is 188 cm³/mol. The number of nitrogens with two attached hydrogens (primary N) is 1. The fourth-order valence-electron chi connectivity index (χ4n) is 3.89. The molecular formula is C35H56N4O10. The third kappa shape index (κ3) is 21.0. The summed E-state index contributed by atoms with van der Waals surface area (Å²) in [6, 6.07) is 13.4. The van der Waals surface area contributed by atoms with Crippen LogP contribution in [0.4, 0.5) is 16.2 Å². The van der Waals surface area contributed by atoms with Crippen LogP contribution >= 0.6 is 0 Å². The first-order valence-electron chi connectivity index (χ1n) is 16.1. The van der Waals surface area contributed by atoms with Crippen molar-refractivity contribution in [3.63, 3.8) is 0 Å². The van der Waals surface area contributed by atoms with Crippen molar-refractivity contribution in [1.29, 1.82) is 0 Å². The van der Waals surface area contributed by atoms with E-state index in [-0.39, 0.29) is 24.0 Å². The number of nitrogens with one attached hydrogen (secondary N) is 3. The van der Waals surface area contributed by atoms with Gasteiger partial charge in [-0.3, -0.25) is 14.9 Å². The summed E-state index contributed by atoms with van der Waals surface area (Å²) in [5.74, 6) is -0.290. The Morgan fingerprint density at radius 2 is 1.10 bits per heavy atom. The molecule has 14 heteroatoms. The second-order valence-electron chi connectivity index (χ2n) is 11.8. The summed E-state index contributed by atoms with van der Waals surface area (Å²) < 4.78 is 36.5. The second-order valence-corrected chi connectivity index (χ2v) is 11.8. The second kappa shape index (κ2) is 25.2. The van der Waals surface area contributed by atoms with Gasteiger partial charge in [0.1, 0.15) is 17.8 Å². The summed E-state index contributed by atoms with van der Waals surface area (Å²) in [7, 11) is 6.47. The van der Waals surface area contributed by atoms with Crippen LogP contribution in [0, 0.1) is 0 Å². The summed E-state index contributed by atoms with van der Waals surface area (Å²) in [6.45, 7) is 9.43. The topological polar surface area (TPSA) is 178 Å². The van der Waals surface area contributed by atoms with Crippen LogP contribution in [0.3, 0.4) is 0 Å². The van der Waals surface area contributed by atoms with Gasteiger partial charge < -0.3 is 49.5 Å². The van der Waals surface area contributed by atoms with Gasteiger partial charge in [0.2, 0.25) is 0 Å². The average molecular weight is 693 g/mol. The van der Waals surface area contributed by atoms with Crippen LogP contribution in [0.25, 0.3) is 0 Å². The van der Waals surface area contributed by atoms with Crippen LogP contribution < -0.4 is 21.7 Å². The number of hydrogen-bond acceptors (Lipinski definition) is 11. The molecule has 14 nitrogen and oxygen atoms in total. The minimum Gasteiger partial charge on any atom is -0.444 e. The molecule has 2 aromatic rings. The van der Waals surface area contributed by atoms with E-state index in [0.29, 0.717) is 81.7 Å². The largest absolute Gasteiger partial charge is 0.444 e. The van der Waals surface area contributed by atoms with Gasteiger partial charge in [0, 0.05) is 77.2 Å². The first-order chi connectivity index (χ1) is 23.4. The van der Waals surface area contributed by atoms with Gasteiger partial charge in [-0.15, -0.1) is 0 Å². The van der Waals surface area contributed by atoms with Crippen molar-refractivity contribution in [2.45, 2.75) is 51.4 Å². The van der Waals surface area contributed by atoms with Crippen molar-refractivity contribution in [1.82, 2.24) is 10.6 Å². The molecule has 5 N–H and O–H groups in total. The Bertz CT molecular complexity index is 1190. The van der Waals surface area contributed by atoms with Crippen molar-refractivity contribution < 1.29 is 47.5 Å². The van der Waals surface area contributed by atoms with E-state index in [1.54, 1.807) is 97.7 Å². The quantitative estimate of drug-likeness (QED) is 0.110. The van der Waals surface area contributed by atoms with Crippen molar-refractivity contribution in [3.8, 4) is 0 Å². The Hall–Kier alpha value is -3.79. The molecular weight excluding hydrogens is 636 g/mol. The van der Waals surface area contributed by atoms with Crippen molar-refractivity contribution in [2.75, 3.05) is 92.2 Å². The van der Waals surface area contributed by atoms with E-state index < -0.39 is 11.7 Å². The van der Waals surface area contributed by atoms with Crippen LogP contribution in [0.5, 0.6) is 0 Å². The van der Waals surface area contributed by atoms with Crippen molar-refractivity contribution in [3.05, 3.63) is 59.7 Å². The average Bonchev–Trinajstić information content (AvgIpc) is 3.06. The lowest BCUT2D eigenvalue weighted by molar-refractivity contribution is -0.0305. The van der Waals surface area contributed by atoms with Crippen LogP contribution in [0.15, 0.2) is 48.5 Å². The van der Waals surface area contributed by atoms with Gasteiger partial charge in [-0.05, 0) is 82.1 Å². The molecule has 2 unspecified atom stereocenters. The normalized spacial score (nSPS) is 12.2. The van der Waals surface area contributed by atoms with Gasteiger partial charge in [0.15, 0.2) is 0 Å². The van der Waals surface area contributed by atoms with Crippen LogP contribution in [0.1, 0.15) is 54.3 Å². The third-order valence-corrected chi connectivity index (χ3v) is 6.45. The summed E-state index contributed by atoms with van der Waals surface area (Å²) in [4.78, 5) is 35.7. The molecule has 276 valence electrons. The highest BCUT2D eigenvalue weighted by Crippen LogP contribution is 2.13. The van der Waals surface area contributed by atoms with Crippen LogP contribution in [-0.2, 0) is 33.2 Å². The smallest absolute Gasteiger partial charge is 0.412 e. The van der Waals surface area contributed by atoms with Gasteiger partial charge in [-0.1, -0.05) is 0 Å². The van der Waals surface area contributed by atoms with Gasteiger partial charge in [0.25, 0.3) is 11.8 Å². The van der Waals surface area contributed by atoms with Crippen LogP contribution in [-0.4, -0.2) is 117 Å². The Morgan fingerprint density at radius 3 is 1.49 bits per heavy atom. The van der Waals surface area contributed by atoms with E-state index in [4.69, 9.17) is 38.9 Å². The van der Waals surface area contributed by atoms with E-state index in [0.717, 1.165) is 6.42 Å². The Morgan fingerprint density at radius 1 is 0.673 bits per heavy atom. The number of benzene rings is 2. The van der Waals surface area contributed by atoms with Gasteiger partial charge >= 0.3 is 6.09 Å². The lowest BCUT2D eigenvalue weighted by atomic mass is 10.2. The Balaban J connectivity index is 0.000000510. The maximum atomic E-state index is 12.1. The number of nitrogen functional groups attached to an aromatic ring is 1. The molecule has 0 aliphatic heterocycles.